The quantitative estimate of drug-likeness (QED) is 0.764. The predicted octanol–water partition coefficient (Wildman–Crippen LogP) is 3.66. The third kappa shape index (κ3) is 3.54. The Kier molecular flexibility index (Phi) is 4.77. The summed E-state index contributed by atoms with van der Waals surface area (Å²) in [7, 11) is 0. The van der Waals surface area contributed by atoms with Crippen molar-refractivity contribution in [2.45, 2.75) is 26.3 Å². The lowest BCUT2D eigenvalue weighted by Gasteiger charge is -2.42. The lowest BCUT2D eigenvalue weighted by atomic mass is 10.0. The predicted molar refractivity (Wildman–Crippen MR) is 86.4 cm³/mol. The van der Waals surface area contributed by atoms with E-state index in [1.54, 1.807) is 6.07 Å². The van der Waals surface area contributed by atoms with Gasteiger partial charge in [-0.1, -0.05) is 11.6 Å². The van der Waals surface area contributed by atoms with E-state index in [9.17, 15) is 4.79 Å². The van der Waals surface area contributed by atoms with Crippen LogP contribution in [0.25, 0.3) is 0 Å². The standard InChI is InChI=1S/C15H20BrClN2O/c1-15(2,3)19-8-6-18(7-9-19)14(20)11-4-5-12(16)13(17)10-11/h4-5,10H,6-9H2,1-3H3. The van der Waals surface area contributed by atoms with Crippen LogP contribution in [0.3, 0.4) is 0 Å². The molecule has 1 aliphatic rings. The number of hydrogen-bond acceptors (Lipinski definition) is 2. The SMILES string of the molecule is CC(C)(C)N1CCN(C(=O)c2ccc(Br)c(Cl)c2)CC1. The van der Waals surface area contributed by atoms with Gasteiger partial charge in [0.05, 0.1) is 5.02 Å². The van der Waals surface area contributed by atoms with E-state index in [0.29, 0.717) is 10.6 Å². The number of rotatable bonds is 1. The Bertz CT molecular complexity index is 505. The molecule has 5 heteroatoms. The first kappa shape index (κ1) is 15.8. The number of benzene rings is 1. The smallest absolute Gasteiger partial charge is 0.253 e. The van der Waals surface area contributed by atoms with Gasteiger partial charge in [-0.15, -0.1) is 0 Å². The fraction of sp³-hybridized carbons (Fsp3) is 0.533. The summed E-state index contributed by atoms with van der Waals surface area (Å²) in [5.41, 5.74) is 0.818. The fourth-order valence-corrected chi connectivity index (χ4v) is 2.82. The first-order valence-electron chi connectivity index (χ1n) is 6.78. The van der Waals surface area contributed by atoms with Crippen LogP contribution in [0, 0.1) is 0 Å². The fourth-order valence-electron chi connectivity index (χ4n) is 2.39. The zero-order valence-electron chi connectivity index (χ0n) is 12.1. The second-order valence-corrected chi connectivity index (χ2v) is 7.34. The summed E-state index contributed by atoms with van der Waals surface area (Å²) in [5.74, 6) is 0.0629. The largest absolute Gasteiger partial charge is 0.336 e. The number of nitrogens with zero attached hydrogens (tertiary/aromatic N) is 2. The van der Waals surface area contributed by atoms with Crippen LogP contribution in [0.15, 0.2) is 22.7 Å². The molecular weight excluding hydrogens is 340 g/mol. The van der Waals surface area contributed by atoms with Crippen LogP contribution in [-0.2, 0) is 0 Å². The molecule has 0 aromatic heterocycles. The molecule has 1 fully saturated rings. The van der Waals surface area contributed by atoms with Crippen molar-refractivity contribution in [3.8, 4) is 0 Å². The van der Waals surface area contributed by atoms with Gasteiger partial charge in [-0.3, -0.25) is 9.69 Å². The highest BCUT2D eigenvalue weighted by atomic mass is 79.9. The molecule has 0 radical (unpaired) electrons. The third-order valence-electron chi connectivity index (χ3n) is 3.68. The Hall–Kier alpha value is -0.580. The molecule has 0 atom stereocenters. The van der Waals surface area contributed by atoms with E-state index in [4.69, 9.17) is 11.6 Å². The first-order chi connectivity index (χ1) is 9.29. The zero-order chi connectivity index (χ0) is 14.9. The molecule has 20 heavy (non-hydrogen) atoms. The lowest BCUT2D eigenvalue weighted by molar-refractivity contribution is 0.0451. The summed E-state index contributed by atoms with van der Waals surface area (Å²) in [6, 6.07) is 5.36. The van der Waals surface area contributed by atoms with Crippen LogP contribution in [0.4, 0.5) is 0 Å². The molecule has 2 rings (SSSR count). The number of hydrogen-bond donors (Lipinski definition) is 0. The van der Waals surface area contributed by atoms with Crippen LogP contribution < -0.4 is 0 Å². The minimum atomic E-state index is 0.0629. The van der Waals surface area contributed by atoms with Crippen molar-refractivity contribution in [1.29, 1.82) is 0 Å². The van der Waals surface area contributed by atoms with Crippen molar-refractivity contribution in [2.24, 2.45) is 0 Å². The van der Waals surface area contributed by atoms with Gasteiger partial charge >= 0.3 is 0 Å². The summed E-state index contributed by atoms with van der Waals surface area (Å²) >= 11 is 9.39. The van der Waals surface area contributed by atoms with Crippen molar-refractivity contribution in [1.82, 2.24) is 9.80 Å². The van der Waals surface area contributed by atoms with Crippen molar-refractivity contribution < 1.29 is 4.79 Å². The summed E-state index contributed by atoms with van der Waals surface area (Å²) in [6.07, 6.45) is 0. The average Bonchev–Trinajstić information content (AvgIpc) is 2.40. The summed E-state index contributed by atoms with van der Waals surface area (Å²) < 4.78 is 0.813. The Balaban J connectivity index is 2.03. The van der Waals surface area contributed by atoms with E-state index >= 15 is 0 Å². The Labute approximate surface area is 134 Å². The second-order valence-electron chi connectivity index (χ2n) is 6.08. The molecule has 1 aliphatic heterocycles. The highest BCUT2D eigenvalue weighted by molar-refractivity contribution is 9.10. The van der Waals surface area contributed by atoms with E-state index in [1.807, 2.05) is 17.0 Å². The molecule has 0 bridgehead atoms. The second kappa shape index (κ2) is 6.04. The van der Waals surface area contributed by atoms with Gasteiger partial charge in [0.1, 0.15) is 0 Å². The molecule has 0 spiro atoms. The molecule has 1 amide bonds. The van der Waals surface area contributed by atoms with Gasteiger partial charge < -0.3 is 4.90 Å². The normalized spacial score (nSPS) is 17.4. The van der Waals surface area contributed by atoms with Gasteiger partial charge in [0.2, 0.25) is 0 Å². The molecule has 1 heterocycles. The van der Waals surface area contributed by atoms with Crippen molar-refractivity contribution in [3.63, 3.8) is 0 Å². The molecule has 1 saturated heterocycles. The van der Waals surface area contributed by atoms with Crippen molar-refractivity contribution in [3.05, 3.63) is 33.3 Å². The van der Waals surface area contributed by atoms with E-state index in [1.165, 1.54) is 0 Å². The molecule has 1 aromatic carbocycles. The zero-order valence-corrected chi connectivity index (χ0v) is 14.5. The van der Waals surface area contributed by atoms with Gasteiger partial charge in [0, 0.05) is 41.8 Å². The minimum absolute atomic E-state index is 0.0629. The van der Waals surface area contributed by atoms with Crippen LogP contribution in [0.2, 0.25) is 5.02 Å². The van der Waals surface area contributed by atoms with Gasteiger partial charge in [-0.05, 0) is 54.9 Å². The summed E-state index contributed by atoms with van der Waals surface area (Å²) in [6.45, 7) is 9.99. The van der Waals surface area contributed by atoms with Crippen LogP contribution in [0.5, 0.6) is 0 Å². The lowest BCUT2D eigenvalue weighted by Crippen LogP contribution is -2.54. The Morgan fingerprint density at radius 2 is 1.80 bits per heavy atom. The van der Waals surface area contributed by atoms with E-state index < -0.39 is 0 Å². The van der Waals surface area contributed by atoms with Crippen molar-refractivity contribution >= 4 is 33.4 Å². The molecule has 0 aliphatic carbocycles. The maximum absolute atomic E-state index is 12.5. The van der Waals surface area contributed by atoms with Gasteiger partial charge in [-0.25, -0.2) is 0 Å². The minimum Gasteiger partial charge on any atom is -0.336 e. The topological polar surface area (TPSA) is 23.6 Å². The van der Waals surface area contributed by atoms with Gasteiger partial charge in [0.15, 0.2) is 0 Å². The maximum atomic E-state index is 12.5. The third-order valence-corrected chi connectivity index (χ3v) is 4.91. The number of halogens is 2. The molecule has 0 saturated carbocycles. The first-order valence-corrected chi connectivity index (χ1v) is 7.95. The van der Waals surface area contributed by atoms with Crippen LogP contribution in [-0.4, -0.2) is 47.4 Å². The number of piperazine rings is 1. The monoisotopic (exact) mass is 358 g/mol. The molecule has 0 N–H and O–H groups in total. The molecule has 1 aromatic rings. The van der Waals surface area contributed by atoms with Crippen molar-refractivity contribution in [2.75, 3.05) is 26.2 Å². The van der Waals surface area contributed by atoms with Gasteiger partial charge in [-0.2, -0.15) is 0 Å². The summed E-state index contributed by atoms with van der Waals surface area (Å²) in [5, 5.41) is 0.573. The number of carbonyl (C=O) groups is 1. The highest BCUT2D eigenvalue weighted by Gasteiger charge is 2.28. The number of amides is 1. The number of carbonyl (C=O) groups excluding carboxylic acids is 1. The Morgan fingerprint density at radius 1 is 1.20 bits per heavy atom. The van der Waals surface area contributed by atoms with Crippen LogP contribution in [0.1, 0.15) is 31.1 Å². The maximum Gasteiger partial charge on any atom is 0.253 e. The summed E-state index contributed by atoms with van der Waals surface area (Å²) in [4.78, 5) is 16.8. The van der Waals surface area contributed by atoms with Gasteiger partial charge in [0.25, 0.3) is 5.91 Å². The van der Waals surface area contributed by atoms with E-state index in [0.717, 1.165) is 30.7 Å². The van der Waals surface area contributed by atoms with E-state index in [2.05, 4.69) is 41.6 Å². The average molecular weight is 360 g/mol. The molecular formula is C15H20BrClN2O. The highest BCUT2D eigenvalue weighted by Crippen LogP contribution is 2.24. The molecule has 3 nitrogen and oxygen atoms in total. The van der Waals surface area contributed by atoms with E-state index in [-0.39, 0.29) is 11.4 Å². The van der Waals surface area contributed by atoms with Crippen LogP contribution >= 0.6 is 27.5 Å². The Morgan fingerprint density at radius 3 is 2.30 bits per heavy atom. The molecule has 110 valence electrons. The molecule has 0 unspecified atom stereocenters.